The van der Waals surface area contributed by atoms with Gasteiger partial charge in [0.1, 0.15) is 16.2 Å². The van der Waals surface area contributed by atoms with E-state index in [2.05, 4.69) is 31.4 Å². The second-order valence-corrected chi connectivity index (χ2v) is 9.50. The van der Waals surface area contributed by atoms with Gasteiger partial charge in [0, 0.05) is 36.0 Å². The third-order valence-corrected chi connectivity index (χ3v) is 7.48. The number of nitrogens with one attached hydrogen (secondary N) is 1. The zero-order valence-electron chi connectivity index (χ0n) is 14.9. The van der Waals surface area contributed by atoms with E-state index in [1.54, 1.807) is 11.3 Å². The first-order valence-electron chi connectivity index (χ1n) is 9.48. The Hall–Kier alpha value is -1.67. The molecule has 3 atom stereocenters. The van der Waals surface area contributed by atoms with Crippen LogP contribution in [0.3, 0.4) is 0 Å². The molecule has 2 aromatic rings. The summed E-state index contributed by atoms with van der Waals surface area (Å²) in [5.41, 5.74) is 0. The van der Waals surface area contributed by atoms with E-state index in [9.17, 15) is 4.79 Å². The Kier molecular flexibility index (Phi) is 4.55. The summed E-state index contributed by atoms with van der Waals surface area (Å²) < 4.78 is 6.43. The van der Waals surface area contributed by atoms with Crippen molar-refractivity contribution in [2.75, 3.05) is 25.0 Å². The lowest BCUT2D eigenvalue weighted by Gasteiger charge is -2.21. The summed E-state index contributed by atoms with van der Waals surface area (Å²) in [6.45, 7) is 2.43. The minimum absolute atomic E-state index is 0.162. The van der Waals surface area contributed by atoms with Crippen molar-refractivity contribution < 1.29 is 9.53 Å². The molecule has 2 aromatic heterocycles. The van der Waals surface area contributed by atoms with Crippen LogP contribution in [0.2, 0.25) is 0 Å². The van der Waals surface area contributed by atoms with Crippen molar-refractivity contribution in [3.05, 3.63) is 32.6 Å². The van der Waals surface area contributed by atoms with Gasteiger partial charge in [0.05, 0.1) is 11.5 Å². The van der Waals surface area contributed by atoms with Crippen molar-refractivity contribution in [3.8, 4) is 5.75 Å². The number of aromatic nitrogens is 2. The number of hydrogen-bond acceptors (Lipinski definition) is 6. The maximum absolute atomic E-state index is 13.0. The number of aryl methyl sites for hydroxylation is 1. The number of carbonyl (C=O) groups excluding carboxylic acids is 1. The molecule has 3 aliphatic rings. The Morgan fingerprint density at radius 2 is 2.22 bits per heavy atom. The summed E-state index contributed by atoms with van der Waals surface area (Å²) in [4.78, 5) is 17.1. The molecule has 0 unspecified atom stereocenters. The van der Waals surface area contributed by atoms with E-state index < -0.39 is 0 Å². The minimum atomic E-state index is 0.162. The van der Waals surface area contributed by atoms with Crippen LogP contribution in [0.25, 0.3) is 0 Å². The smallest absolute Gasteiger partial charge is 0.264 e. The maximum atomic E-state index is 13.0. The van der Waals surface area contributed by atoms with Crippen LogP contribution in [0.4, 0.5) is 5.82 Å². The van der Waals surface area contributed by atoms with Crippen LogP contribution >= 0.6 is 27.3 Å². The van der Waals surface area contributed by atoms with Gasteiger partial charge in [-0.15, -0.1) is 21.5 Å². The summed E-state index contributed by atoms with van der Waals surface area (Å²) in [5, 5.41) is 11.8. The van der Waals surface area contributed by atoms with Gasteiger partial charge in [-0.1, -0.05) is 0 Å². The zero-order chi connectivity index (χ0) is 18.4. The molecule has 8 heteroatoms. The number of likely N-dealkylation sites (tertiary alicyclic amines) is 1. The third kappa shape index (κ3) is 3.33. The molecule has 0 spiro atoms. The molecule has 2 fully saturated rings. The second kappa shape index (κ2) is 7.05. The maximum Gasteiger partial charge on any atom is 0.264 e. The topological polar surface area (TPSA) is 67.3 Å². The first kappa shape index (κ1) is 17.4. The summed E-state index contributed by atoms with van der Waals surface area (Å²) >= 11 is 4.93. The van der Waals surface area contributed by atoms with E-state index in [0.717, 1.165) is 66.4 Å². The molecule has 0 radical (unpaired) electrons. The minimum Gasteiger partial charge on any atom is -0.492 e. The van der Waals surface area contributed by atoms with Gasteiger partial charge in [0.2, 0.25) is 0 Å². The molecule has 1 N–H and O–H groups in total. The van der Waals surface area contributed by atoms with Gasteiger partial charge in [0.25, 0.3) is 5.91 Å². The van der Waals surface area contributed by atoms with E-state index in [0.29, 0.717) is 17.9 Å². The van der Waals surface area contributed by atoms with Crippen LogP contribution in [-0.4, -0.2) is 46.7 Å². The first-order chi connectivity index (χ1) is 13.2. The molecule has 6 nitrogen and oxygen atoms in total. The number of hydrogen-bond donors (Lipinski definition) is 1. The van der Waals surface area contributed by atoms with Crippen LogP contribution in [0.1, 0.15) is 33.8 Å². The van der Waals surface area contributed by atoms with Gasteiger partial charge >= 0.3 is 0 Å². The van der Waals surface area contributed by atoms with Crippen molar-refractivity contribution in [1.29, 1.82) is 0 Å². The van der Waals surface area contributed by atoms with Crippen molar-refractivity contribution in [2.45, 2.75) is 31.7 Å². The molecule has 27 heavy (non-hydrogen) atoms. The van der Waals surface area contributed by atoms with E-state index in [1.165, 1.54) is 4.88 Å². The predicted molar refractivity (Wildman–Crippen MR) is 107 cm³/mol. The molecular weight excluding hydrogens is 428 g/mol. The number of amides is 1. The molecule has 1 saturated heterocycles. The average molecular weight is 449 g/mol. The van der Waals surface area contributed by atoms with Gasteiger partial charge in [-0.25, -0.2) is 0 Å². The molecule has 5 rings (SSSR count). The number of carbonyl (C=O) groups is 1. The normalized spacial score (nSPS) is 26.4. The Balaban J connectivity index is 1.27. The molecule has 2 aliphatic heterocycles. The number of halogens is 1. The van der Waals surface area contributed by atoms with E-state index >= 15 is 0 Å². The number of rotatable bonds is 3. The second-order valence-electron chi connectivity index (χ2n) is 7.55. The summed E-state index contributed by atoms with van der Waals surface area (Å²) in [6.07, 6.45) is 4.34. The molecule has 1 saturated carbocycles. The van der Waals surface area contributed by atoms with Crippen molar-refractivity contribution >= 4 is 39.0 Å². The van der Waals surface area contributed by atoms with Crippen molar-refractivity contribution in [1.82, 2.24) is 15.1 Å². The highest BCUT2D eigenvalue weighted by Crippen LogP contribution is 2.41. The average Bonchev–Trinajstić information content (AvgIpc) is 3.38. The van der Waals surface area contributed by atoms with Crippen LogP contribution in [0.15, 0.2) is 22.8 Å². The molecule has 0 aromatic carbocycles. The highest BCUT2D eigenvalue weighted by atomic mass is 79.9. The van der Waals surface area contributed by atoms with Crippen molar-refractivity contribution in [3.63, 3.8) is 0 Å². The predicted octanol–water partition coefficient (Wildman–Crippen LogP) is 3.59. The first-order valence-corrected chi connectivity index (χ1v) is 11.1. The molecule has 0 bridgehead atoms. The standard InChI is InChI=1S/C19H21BrN4O2S/c20-17-5-6-18(23-22-17)21-13-4-3-11-9-24(10-12(11)13)19(25)16-8-14-15(27-16)2-1-7-26-14/h5-6,8,11-13H,1-4,7,9-10H2,(H,21,23)/t11-,12+,13+/m0/s1. The van der Waals surface area contributed by atoms with Gasteiger partial charge in [-0.2, -0.15) is 0 Å². The number of anilines is 1. The SMILES string of the molecule is O=C(c1cc2c(s1)CCCO2)N1C[C@@H]2CC[C@@H](Nc3ccc(Br)nn3)[C@@H]2C1. The fraction of sp³-hybridized carbons (Fsp3) is 0.526. The quantitative estimate of drug-likeness (QED) is 0.776. The van der Waals surface area contributed by atoms with Gasteiger partial charge in [-0.3, -0.25) is 4.79 Å². The highest BCUT2D eigenvalue weighted by molar-refractivity contribution is 9.10. The number of fused-ring (bicyclic) bond motifs is 2. The molecular formula is C19H21BrN4O2S. The zero-order valence-corrected chi connectivity index (χ0v) is 17.3. The Bertz CT molecular complexity index is 832. The Morgan fingerprint density at radius 3 is 3.04 bits per heavy atom. The summed E-state index contributed by atoms with van der Waals surface area (Å²) in [6, 6.07) is 6.14. The fourth-order valence-electron chi connectivity index (χ4n) is 4.58. The molecule has 1 aliphatic carbocycles. The summed E-state index contributed by atoms with van der Waals surface area (Å²) in [5.74, 6) is 2.93. The number of nitrogens with zero attached hydrogens (tertiary/aromatic N) is 3. The number of thiophene rings is 1. The Labute approximate surface area is 170 Å². The lowest BCUT2D eigenvalue weighted by Crippen LogP contribution is -2.33. The van der Waals surface area contributed by atoms with Crippen LogP contribution in [0, 0.1) is 11.8 Å². The van der Waals surface area contributed by atoms with Gasteiger partial charge in [0.15, 0.2) is 0 Å². The molecule has 4 heterocycles. The summed E-state index contributed by atoms with van der Waals surface area (Å²) in [7, 11) is 0. The van der Waals surface area contributed by atoms with Crippen molar-refractivity contribution in [2.24, 2.45) is 11.8 Å². The van der Waals surface area contributed by atoms with E-state index in [-0.39, 0.29) is 5.91 Å². The van der Waals surface area contributed by atoms with Gasteiger partial charge < -0.3 is 15.0 Å². The van der Waals surface area contributed by atoms with Gasteiger partial charge in [-0.05, 0) is 59.7 Å². The molecule has 142 valence electrons. The fourth-order valence-corrected chi connectivity index (χ4v) is 5.90. The highest BCUT2D eigenvalue weighted by Gasteiger charge is 2.44. The van der Waals surface area contributed by atoms with E-state index in [4.69, 9.17) is 4.74 Å². The number of ether oxygens (including phenoxy) is 1. The molecule has 1 amide bonds. The lowest BCUT2D eigenvalue weighted by molar-refractivity contribution is 0.0784. The van der Waals surface area contributed by atoms with Crippen LogP contribution < -0.4 is 10.1 Å². The lowest BCUT2D eigenvalue weighted by atomic mass is 9.98. The largest absolute Gasteiger partial charge is 0.492 e. The Morgan fingerprint density at radius 1 is 1.30 bits per heavy atom. The third-order valence-electron chi connectivity index (χ3n) is 5.90. The van der Waals surface area contributed by atoms with E-state index in [1.807, 2.05) is 23.1 Å². The van der Waals surface area contributed by atoms with Crippen LogP contribution in [-0.2, 0) is 6.42 Å². The monoisotopic (exact) mass is 448 g/mol. The van der Waals surface area contributed by atoms with Crippen LogP contribution in [0.5, 0.6) is 5.75 Å².